The van der Waals surface area contributed by atoms with E-state index in [4.69, 9.17) is 34.2 Å². The number of carbonyl (C=O) groups is 2. The van der Waals surface area contributed by atoms with Crippen LogP contribution in [-0.2, 0) is 39.6 Å². The summed E-state index contributed by atoms with van der Waals surface area (Å²) < 4.78 is 32.6. The number of aromatic hydroxyl groups is 1. The molecule has 2 aromatic carbocycles. The lowest BCUT2D eigenvalue weighted by Gasteiger charge is -2.19. The van der Waals surface area contributed by atoms with Gasteiger partial charge in [0.2, 0.25) is 0 Å². The minimum atomic E-state index is -0.506. The molecule has 13 heteroatoms. The van der Waals surface area contributed by atoms with Gasteiger partial charge in [-0.3, -0.25) is 9.59 Å². The number of ether oxygens (including phenoxy) is 6. The number of nitrogens with zero attached hydrogens (tertiary/aromatic N) is 2. The standard InChI is InChI=1S/C35H54N4O9/c1-35(2,3)48-33(41)8-4-7-28-9-14-32(40)31(27-28)39-38-30-12-10-29(11-13-30)34(42)37-16-6-18-44-20-22-46-24-26-47-25-23-45-21-19-43-17-5-15-36/h9-14,27,40H,4-8,15-26,36H2,1-3H3,(H,37,42). The average molecular weight is 675 g/mol. The van der Waals surface area contributed by atoms with Gasteiger partial charge in [0.1, 0.15) is 17.0 Å². The molecule has 0 atom stereocenters. The van der Waals surface area contributed by atoms with Crippen molar-refractivity contribution in [2.45, 2.75) is 58.5 Å². The Morgan fingerprint density at radius 3 is 1.88 bits per heavy atom. The number of aryl methyl sites for hydroxylation is 1. The lowest BCUT2D eigenvalue weighted by atomic mass is 10.1. The van der Waals surface area contributed by atoms with Crippen molar-refractivity contribution in [1.82, 2.24) is 5.32 Å². The van der Waals surface area contributed by atoms with Crippen molar-refractivity contribution in [1.29, 1.82) is 0 Å². The van der Waals surface area contributed by atoms with Gasteiger partial charge in [0.15, 0.2) is 0 Å². The number of azo groups is 1. The molecule has 0 bridgehead atoms. The Bertz CT molecular complexity index is 1200. The molecule has 2 aromatic rings. The molecule has 0 fully saturated rings. The summed E-state index contributed by atoms with van der Waals surface area (Å²) in [7, 11) is 0. The van der Waals surface area contributed by atoms with Gasteiger partial charge in [-0.05, 0) is 95.0 Å². The van der Waals surface area contributed by atoms with Crippen LogP contribution in [-0.4, -0.2) is 102 Å². The molecule has 13 nitrogen and oxygen atoms in total. The topological polar surface area (TPSA) is 173 Å². The van der Waals surface area contributed by atoms with E-state index in [0.29, 0.717) is 122 Å². The van der Waals surface area contributed by atoms with Crippen LogP contribution in [0.3, 0.4) is 0 Å². The Balaban J connectivity index is 1.53. The zero-order valence-electron chi connectivity index (χ0n) is 28.7. The number of benzene rings is 2. The largest absolute Gasteiger partial charge is 0.506 e. The predicted molar refractivity (Wildman–Crippen MR) is 182 cm³/mol. The van der Waals surface area contributed by atoms with E-state index in [1.165, 1.54) is 0 Å². The summed E-state index contributed by atoms with van der Waals surface area (Å²) in [5.41, 5.74) is 7.17. The second kappa shape index (κ2) is 24.6. The van der Waals surface area contributed by atoms with Gasteiger partial charge in [0.25, 0.3) is 5.91 Å². The van der Waals surface area contributed by atoms with Crippen molar-refractivity contribution in [2.75, 3.05) is 79.2 Å². The van der Waals surface area contributed by atoms with Crippen LogP contribution in [0.15, 0.2) is 52.7 Å². The summed E-state index contributed by atoms with van der Waals surface area (Å²) in [6, 6.07) is 11.8. The first-order valence-corrected chi connectivity index (χ1v) is 16.6. The van der Waals surface area contributed by atoms with E-state index in [2.05, 4.69) is 15.5 Å². The molecule has 2 rings (SSSR count). The van der Waals surface area contributed by atoms with Gasteiger partial charge in [-0.1, -0.05) is 6.07 Å². The summed E-state index contributed by atoms with van der Waals surface area (Å²) in [4.78, 5) is 24.4. The number of phenols is 1. The molecule has 0 aliphatic carbocycles. The number of rotatable bonds is 26. The van der Waals surface area contributed by atoms with Crippen molar-refractivity contribution < 1.29 is 43.1 Å². The van der Waals surface area contributed by atoms with Gasteiger partial charge in [0.05, 0.1) is 58.5 Å². The molecule has 0 aromatic heterocycles. The average Bonchev–Trinajstić information content (AvgIpc) is 3.05. The van der Waals surface area contributed by atoms with Crippen LogP contribution in [0.4, 0.5) is 11.4 Å². The number of carbonyl (C=O) groups excluding carboxylic acids is 2. The Morgan fingerprint density at radius 2 is 1.31 bits per heavy atom. The quantitative estimate of drug-likeness (QED) is 0.0699. The number of nitrogens with one attached hydrogen (secondary N) is 1. The minimum Gasteiger partial charge on any atom is -0.506 e. The van der Waals surface area contributed by atoms with Crippen molar-refractivity contribution in [3.05, 3.63) is 53.6 Å². The molecule has 0 saturated carbocycles. The first-order chi connectivity index (χ1) is 23.2. The molecule has 4 N–H and O–H groups in total. The fraction of sp³-hybridized carbons (Fsp3) is 0.600. The highest BCUT2D eigenvalue weighted by atomic mass is 16.6. The summed E-state index contributed by atoms with van der Waals surface area (Å²) in [6.45, 7) is 11.8. The third-order valence-corrected chi connectivity index (χ3v) is 6.44. The smallest absolute Gasteiger partial charge is 0.306 e. The van der Waals surface area contributed by atoms with Gasteiger partial charge in [-0.25, -0.2) is 0 Å². The number of hydrogen-bond donors (Lipinski definition) is 3. The fourth-order valence-electron chi connectivity index (χ4n) is 4.07. The van der Waals surface area contributed by atoms with E-state index in [-0.39, 0.29) is 17.6 Å². The molecule has 0 spiro atoms. The van der Waals surface area contributed by atoms with Crippen LogP contribution in [0.5, 0.6) is 5.75 Å². The molecule has 1 amide bonds. The van der Waals surface area contributed by atoms with Gasteiger partial charge in [-0.2, -0.15) is 5.11 Å². The highest BCUT2D eigenvalue weighted by molar-refractivity contribution is 5.94. The Kier molecular flexibility index (Phi) is 20.9. The third-order valence-electron chi connectivity index (χ3n) is 6.44. The molecular formula is C35H54N4O9. The monoisotopic (exact) mass is 674 g/mol. The lowest BCUT2D eigenvalue weighted by molar-refractivity contribution is -0.154. The van der Waals surface area contributed by atoms with Crippen LogP contribution >= 0.6 is 0 Å². The first-order valence-electron chi connectivity index (χ1n) is 16.6. The van der Waals surface area contributed by atoms with E-state index in [1.807, 2.05) is 20.8 Å². The Labute approximate surface area is 284 Å². The summed E-state index contributed by atoms with van der Waals surface area (Å²) >= 11 is 0. The molecule has 0 heterocycles. The van der Waals surface area contributed by atoms with Crippen molar-refractivity contribution in [3.8, 4) is 5.75 Å². The zero-order valence-corrected chi connectivity index (χ0v) is 28.7. The minimum absolute atomic E-state index is 0.00153. The number of phenolic OH excluding ortho intramolecular Hbond substituents is 1. The molecule has 0 radical (unpaired) electrons. The van der Waals surface area contributed by atoms with E-state index in [0.717, 1.165) is 12.0 Å². The van der Waals surface area contributed by atoms with Crippen molar-refractivity contribution in [2.24, 2.45) is 16.0 Å². The predicted octanol–water partition coefficient (Wildman–Crippen LogP) is 5.02. The molecule has 0 unspecified atom stereocenters. The van der Waals surface area contributed by atoms with Crippen LogP contribution in [0, 0.1) is 0 Å². The first kappa shape index (κ1) is 40.7. The number of nitrogens with two attached hydrogens (primary N) is 1. The van der Waals surface area contributed by atoms with Crippen LogP contribution in [0.1, 0.15) is 62.4 Å². The zero-order chi connectivity index (χ0) is 34.9. The van der Waals surface area contributed by atoms with Gasteiger partial charge < -0.3 is 44.6 Å². The highest BCUT2D eigenvalue weighted by Gasteiger charge is 2.16. The number of esters is 1. The molecular weight excluding hydrogens is 620 g/mol. The maximum Gasteiger partial charge on any atom is 0.306 e. The van der Waals surface area contributed by atoms with Gasteiger partial charge in [-0.15, -0.1) is 5.11 Å². The molecule has 0 saturated heterocycles. The summed E-state index contributed by atoms with van der Waals surface area (Å²) in [5.74, 6) is -0.431. The van der Waals surface area contributed by atoms with Crippen LogP contribution in [0.25, 0.3) is 0 Å². The van der Waals surface area contributed by atoms with E-state index >= 15 is 0 Å². The molecule has 0 aliphatic rings. The normalized spacial score (nSPS) is 11.7. The molecule has 48 heavy (non-hydrogen) atoms. The Morgan fingerprint density at radius 1 is 0.750 bits per heavy atom. The van der Waals surface area contributed by atoms with E-state index in [1.54, 1.807) is 42.5 Å². The SMILES string of the molecule is CC(C)(C)OC(=O)CCCc1ccc(O)c(N=Nc2ccc(C(=O)NCCCOCCOCCOCCOCCOCCCN)cc2)c1. The maximum atomic E-state index is 12.5. The van der Waals surface area contributed by atoms with Crippen LogP contribution in [0.2, 0.25) is 0 Å². The number of hydrogen-bond acceptors (Lipinski definition) is 12. The Hall–Kier alpha value is -3.46. The van der Waals surface area contributed by atoms with E-state index in [9.17, 15) is 14.7 Å². The van der Waals surface area contributed by atoms with Crippen molar-refractivity contribution in [3.63, 3.8) is 0 Å². The second-order valence-corrected chi connectivity index (χ2v) is 11.8. The van der Waals surface area contributed by atoms with Crippen molar-refractivity contribution >= 4 is 23.3 Å². The molecule has 268 valence electrons. The lowest BCUT2D eigenvalue weighted by Crippen LogP contribution is -2.25. The van der Waals surface area contributed by atoms with Gasteiger partial charge >= 0.3 is 5.97 Å². The van der Waals surface area contributed by atoms with Crippen LogP contribution < -0.4 is 11.1 Å². The maximum absolute atomic E-state index is 12.5. The summed E-state index contributed by atoms with van der Waals surface area (Å²) in [6.07, 6.45) is 3.08. The number of amides is 1. The van der Waals surface area contributed by atoms with Gasteiger partial charge in [0, 0.05) is 31.7 Å². The molecule has 0 aliphatic heterocycles. The second-order valence-electron chi connectivity index (χ2n) is 11.8. The fourth-order valence-corrected chi connectivity index (χ4v) is 4.07. The summed E-state index contributed by atoms with van der Waals surface area (Å²) in [5, 5.41) is 21.5. The third kappa shape index (κ3) is 20.0. The highest BCUT2D eigenvalue weighted by Crippen LogP contribution is 2.30. The van der Waals surface area contributed by atoms with E-state index < -0.39 is 5.60 Å².